The summed E-state index contributed by atoms with van der Waals surface area (Å²) in [5.41, 5.74) is -9.70. The van der Waals surface area contributed by atoms with Gasteiger partial charge in [0, 0.05) is 6.92 Å². The summed E-state index contributed by atoms with van der Waals surface area (Å²) in [7, 11) is -3.26. The number of nitrogens with one attached hydrogen (secondary N) is 1. The highest BCUT2D eigenvalue weighted by Crippen LogP contribution is 2.53. The monoisotopic (exact) mass is 479 g/mol. The lowest BCUT2D eigenvalue weighted by Crippen LogP contribution is -2.51. The average Bonchev–Trinajstić information content (AvgIpc) is 2.59. The van der Waals surface area contributed by atoms with Gasteiger partial charge in [-0.3, -0.25) is 4.79 Å². The normalized spacial score (nSPS) is 13.7. The second-order valence-electron chi connectivity index (χ2n) is 6.00. The minimum absolute atomic E-state index is 0.286. The first kappa shape index (κ1) is 26.9. The molecule has 0 aliphatic carbocycles. The van der Waals surface area contributed by atoms with Gasteiger partial charge in [0.25, 0.3) is 0 Å². The fraction of sp³-hybridized carbons (Fsp3) is 0.500. The van der Waals surface area contributed by atoms with Crippen LogP contribution < -0.4 is 10.8 Å². The fourth-order valence-electron chi connectivity index (χ4n) is 2.36. The number of halogens is 12. The van der Waals surface area contributed by atoms with E-state index >= 15 is 0 Å². The molecular formula is C14H10BF12NO3. The summed E-state index contributed by atoms with van der Waals surface area (Å²) >= 11 is 0. The molecule has 0 fully saturated rings. The molecule has 1 aromatic rings. The van der Waals surface area contributed by atoms with Crippen LogP contribution in [0.4, 0.5) is 58.4 Å². The number of carbonyl (C=O) groups excluding carboxylic acids is 1. The Balaban J connectivity index is 4.17. The first-order valence-corrected chi connectivity index (χ1v) is 7.63. The van der Waals surface area contributed by atoms with E-state index in [2.05, 4.69) is 0 Å². The molecule has 0 atom stereocenters. The van der Waals surface area contributed by atoms with E-state index in [1.165, 1.54) is 0 Å². The summed E-state index contributed by atoms with van der Waals surface area (Å²) in [5.74, 6) is -26.9. The number of anilines is 1. The maximum absolute atomic E-state index is 14.4. The zero-order chi connectivity index (χ0) is 24.7. The highest BCUT2D eigenvalue weighted by Gasteiger charge is 2.68. The molecule has 3 N–H and O–H groups in total. The molecule has 0 aromatic heterocycles. The van der Waals surface area contributed by atoms with Crippen LogP contribution in [-0.4, -0.2) is 47.8 Å². The van der Waals surface area contributed by atoms with E-state index in [1.54, 1.807) is 0 Å². The van der Waals surface area contributed by atoms with Crippen molar-refractivity contribution in [3.8, 4) is 0 Å². The Morgan fingerprint density at radius 1 is 0.871 bits per heavy atom. The van der Waals surface area contributed by atoms with Crippen molar-refractivity contribution in [1.29, 1.82) is 0 Å². The van der Waals surface area contributed by atoms with Gasteiger partial charge in [-0.25, -0.2) is 17.6 Å². The predicted octanol–water partition coefficient (Wildman–Crippen LogP) is 3.31. The summed E-state index contributed by atoms with van der Waals surface area (Å²) in [6.45, 7) is 0.350. The van der Waals surface area contributed by atoms with Gasteiger partial charge in [-0.1, -0.05) is 12.1 Å². The van der Waals surface area contributed by atoms with E-state index in [-0.39, 0.29) is 12.1 Å². The molecule has 176 valence electrons. The Labute approximate surface area is 165 Å². The third-order valence-electron chi connectivity index (χ3n) is 3.85. The Morgan fingerprint density at radius 3 is 1.65 bits per heavy atom. The van der Waals surface area contributed by atoms with Gasteiger partial charge >= 0.3 is 43.7 Å². The van der Waals surface area contributed by atoms with Crippen LogP contribution in [0.5, 0.6) is 0 Å². The molecule has 17 heteroatoms. The van der Waals surface area contributed by atoms with Gasteiger partial charge in [-0.05, 0) is 5.46 Å². The van der Waals surface area contributed by atoms with Crippen molar-refractivity contribution in [3.63, 3.8) is 0 Å². The zero-order valence-corrected chi connectivity index (χ0v) is 14.7. The standard InChI is InChI=1S/C14H10BF12NO3/c1-4(29)28-8-5(11(20,21)13(24,25)9(16)17)2-3-6(15(30)31)7(8)12(22,23)14(26,27)10(18)19/h2-3,9-10,30-31H,1H3,(H,28,29). The molecule has 0 saturated carbocycles. The molecule has 0 bridgehead atoms. The van der Waals surface area contributed by atoms with Crippen molar-refractivity contribution in [2.24, 2.45) is 0 Å². The predicted molar refractivity (Wildman–Crippen MR) is 80.3 cm³/mol. The lowest BCUT2D eigenvalue weighted by molar-refractivity contribution is -0.272. The third kappa shape index (κ3) is 4.42. The summed E-state index contributed by atoms with van der Waals surface area (Å²) in [5, 5.41) is 19.2. The van der Waals surface area contributed by atoms with Crippen LogP contribution in [0.25, 0.3) is 0 Å². The molecule has 0 aliphatic heterocycles. The van der Waals surface area contributed by atoms with Gasteiger partial charge in [-0.15, -0.1) is 0 Å². The van der Waals surface area contributed by atoms with Crippen LogP contribution in [0.2, 0.25) is 0 Å². The summed E-state index contributed by atoms with van der Waals surface area (Å²) in [6.07, 6.45) is -10.3. The molecule has 1 amide bonds. The quantitative estimate of drug-likeness (QED) is 0.396. The molecular weight excluding hydrogens is 469 g/mol. The van der Waals surface area contributed by atoms with Crippen LogP contribution >= 0.6 is 0 Å². The van der Waals surface area contributed by atoms with Crippen molar-refractivity contribution in [3.05, 3.63) is 23.3 Å². The Bertz CT molecular complexity index is 831. The van der Waals surface area contributed by atoms with E-state index in [4.69, 9.17) is 10.0 Å². The molecule has 31 heavy (non-hydrogen) atoms. The number of amides is 1. The van der Waals surface area contributed by atoms with Crippen LogP contribution in [0.15, 0.2) is 12.1 Å². The first-order valence-electron chi connectivity index (χ1n) is 7.63. The maximum Gasteiger partial charge on any atom is 0.489 e. The van der Waals surface area contributed by atoms with Crippen LogP contribution in [0.3, 0.4) is 0 Å². The Morgan fingerprint density at radius 2 is 1.29 bits per heavy atom. The SMILES string of the molecule is CC(=O)Nc1c(C(F)(F)C(F)(F)C(F)F)ccc(B(O)O)c1C(F)(F)C(F)(F)C(F)F. The summed E-state index contributed by atoms with van der Waals surface area (Å²) < 4.78 is 161. The zero-order valence-electron chi connectivity index (χ0n) is 14.7. The minimum Gasteiger partial charge on any atom is -0.423 e. The van der Waals surface area contributed by atoms with Crippen molar-refractivity contribution in [1.82, 2.24) is 0 Å². The summed E-state index contributed by atoms with van der Waals surface area (Å²) in [4.78, 5) is 11.2. The van der Waals surface area contributed by atoms with E-state index < -0.39 is 71.8 Å². The van der Waals surface area contributed by atoms with Crippen LogP contribution in [-0.2, 0) is 16.6 Å². The van der Waals surface area contributed by atoms with E-state index in [1.807, 2.05) is 0 Å². The highest BCUT2D eigenvalue weighted by molar-refractivity contribution is 6.59. The van der Waals surface area contributed by atoms with Crippen LogP contribution in [0, 0.1) is 0 Å². The number of rotatable bonds is 8. The second-order valence-corrected chi connectivity index (χ2v) is 6.00. The maximum atomic E-state index is 14.4. The number of hydrogen-bond donors (Lipinski definition) is 3. The van der Waals surface area contributed by atoms with E-state index in [0.29, 0.717) is 6.92 Å². The van der Waals surface area contributed by atoms with Gasteiger partial charge in [0.05, 0.1) is 16.8 Å². The van der Waals surface area contributed by atoms with E-state index in [9.17, 15) is 57.5 Å². The molecule has 1 rings (SSSR count). The third-order valence-corrected chi connectivity index (χ3v) is 3.85. The van der Waals surface area contributed by atoms with Gasteiger partial charge in [0.15, 0.2) is 0 Å². The molecule has 0 spiro atoms. The van der Waals surface area contributed by atoms with Gasteiger partial charge in [0.1, 0.15) is 0 Å². The average molecular weight is 479 g/mol. The lowest BCUT2D eigenvalue weighted by Gasteiger charge is -2.33. The van der Waals surface area contributed by atoms with Gasteiger partial charge in [-0.2, -0.15) is 35.1 Å². The summed E-state index contributed by atoms with van der Waals surface area (Å²) in [6, 6.07) is -0.651. The molecule has 0 saturated heterocycles. The molecule has 0 unspecified atom stereocenters. The molecule has 1 aromatic carbocycles. The molecule has 0 heterocycles. The van der Waals surface area contributed by atoms with Crippen LogP contribution in [0.1, 0.15) is 18.1 Å². The van der Waals surface area contributed by atoms with Gasteiger partial charge < -0.3 is 15.4 Å². The fourth-order valence-corrected chi connectivity index (χ4v) is 2.36. The number of alkyl halides is 12. The highest BCUT2D eigenvalue weighted by atomic mass is 19.4. The molecule has 0 aliphatic rings. The topological polar surface area (TPSA) is 69.6 Å². The number of hydrogen-bond acceptors (Lipinski definition) is 3. The van der Waals surface area contributed by atoms with Crippen molar-refractivity contribution >= 4 is 24.2 Å². The minimum atomic E-state index is -6.43. The Kier molecular flexibility index (Phi) is 7.29. The first-order chi connectivity index (χ1) is 13.7. The number of benzene rings is 1. The number of carbonyl (C=O) groups is 1. The molecule has 4 nitrogen and oxygen atoms in total. The van der Waals surface area contributed by atoms with E-state index in [0.717, 1.165) is 5.32 Å². The van der Waals surface area contributed by atoms with Crippen molar-refractivity contribution < 1.29 is 67.5 Å². The van der Waals surface area contributed by atoms with Crippen molar-refractivity contribution in [2.45, 2.75) is 43.5 Å². The van der Waals surface area contributed by atoms with Gasteiger partial charge in [0.2, 0.25) is 5.91 Å². The lowest BCUT2D eigenvalue weighted by atomic mass is 9.72. The smallest absolute Gasteiger partial charge is 0.423 e. The Hall–Kier alpha value is -2.17. The second kappa shape index (κ2) is 8.40. The largest absolute Gasteiger partial charge is 0.489 e. The molecule has 0 radical (unpaired) electrons. The van der Waals surface area contributed by atoms with Crippen molar-refractivity contribution in [2.75, 3.05) is 5.32 Å².